The van der Waals surface area contributed by atoms with Crippen molar-refractivity contribution in [1.82, 2.24) is 10.2 Å². The van der Waals surface area contributed by atoms with Crippen LogP contribution in [0.15, 0.2) is 0 Å². The topological polar surface area (TPSA) is 122 Å². The number of likely N-dealkylation sites (tertiary alicyclic amines) is 1. The molecule has 9 nitrogen and oxygen atoms in total. The number of rotatable bonds is 6. The smallest absolute Gasteiger partial charge is 0.328 e. The zero-order chi connectivity index (χ0) is 18.4. The van der Waals surface area contributed by atoms with E-state index in [2.05, 4.69) is 14.8 Å². The molecule has 0 bridgehead atoms. The molecule has 24 heavy (non-hydrogen) atoms. The van der Waals surface area contributed by atoms with Gasteiger partial charge in [-0.2, -0.15) is 0 Å². The van der Waals surface area contributed by atoms with Crippen LogP contribution in [0.2, 0.25) is 0 Å². The van der Waals surface area contributed by atoms with Crippen molar-refractivity contribution in [2.75, 3.05) is 20.8 Å². The van der Waals surface area contributed by atoms with E-state index in [1.807, 2.05) is 0 Å². The highest BCUT2D eigenvalue weighted by Crippen LogP contribution is 2.19. The number of nitrogens with zero attached hydrogens (tertiary/aromatic N) is 1. The first-order valence-corrected chi connectivity index (χ1v) is 7.61. The molecule has 0 aliphatic carbocycles. The molecule has 0 aromatic carbocycles. The maximum Gasteiger partial charge on any atom is 0.328 e. The number of aliphatic hydroxyl groups excluding tert-OH is 1. The second-order valence-corrected chi connectivity index (χ2v) is 5.84. The van der Waals surface area contributed by atoms with Gasteiger partial charge in [0.05, 0.1) is 26.7 Å². The van der Waals surface area contributed by atoms with Gasteiger partial charge in [-0.3, -0.25) is 14.4 Å². The Morgan fingerprint density at radius 1 is 1.25 bits per heavy atom. The van der Waals surface area contributed by atoms with E-state index in [9.17, 15) is 24.3 Å². The number of methoxy groups -OCH3 is 2. The molecule has 4 atom stereocenters. The fourth-order valence-electron chi connectivity index (χ4n) is 2.68. The first-order valence-electron chi connectivity index (χ1n) is 7.61. The average molecular weight is 344 g/mol. The highest BCUT2D eigenvalue weighted by Gasteiger charge is 2.40. The molecular formula is C15H24N2O7. The number of carbonyl (C=O) groups excluding carboxylic acids is 4. The molecule has 136 valence electrons. The second kappa shape index (κ2) is 8.62. The Kier molecular flexibility index (Phi) is 7.15. The van der Waals surface area contributed by atoms with Gasteiger partial charge in [0, 0.05) is 19.9 Å². The third kappa shape index (κ3) is 4.92. The summed E-state index contributed by atoms with van der Waals surface area (Å²) in [5.41, 5.74) is 0. The van der Waals surface area contributed by atoms with Gasteiger partial charge in [-0.1, -0.05) is 6.92 Å². The van der Waals surface area contributed by atoms with Crippen molar-refractivity contribution < 1.29 is 33.8 Å². The maximum atomic E-state index is 12.5. The van der Waals surface area contributed by atoms with E-state index >= 15 is 0 Å². The molecule has 0 saturated carbocycles. The van der Waals surface area contributed by atoms with Crippen molar-refractivity contribution in [1.29, 1.82) is 0 Å². The van der Waals surface area contributed by atoms with Crippen LogP contribution in [0.1, 0.15) is 26.7 Å². The Morgan fingerprint density at radius 3 is 2.38 bits per heavy atom. The van der Waals surface area contributed by atoms with Crippen LogP contribution in [0.3, 0.4) is 0 Å². The molecule has 0 spiro atoms. The Balaban J connectivity index is 2.85. The predicted molar refractivity (Wildman–Crippen MR) is 81.5 cm³/mol. The van der Waals surface area contributed by atoms with Crippen molar-refractivity contribution in [3.8, 4) is 0 Å². The zero-order valence-electron chi connectivity index (χ0n) is 14.3. The molecule has 1 aliphatic rings. The number of ether oxygens (including phenoxy) is 2. The number of carbonyl (C=O) groups is 4. The Bertz CT molecular complexity index is 508. The summed E-state index contributed by atoms with van der Waals surface area (Å²) in [6.45, 7) is 2.97. The quantitative estimate of drug-likeness (QED) is 0.582. The summed E-state index contributed by atoms with van der Waals surface area (Å²) in [6.07, 6.45) is -0.793. The first kappa shape index (κ1) is 19.9. The van der Waals surface area contributed by atoms with E-state index in [0.717, 1.165) is 0 Å². The van der Waals surface area contributed by atoms with Crippen LogP contribution in [0.5, 0.6) is 0 Å². The summed E-state index contributed by atoms with van der Waals surface area (Å²) in [4.78, 5) is 48.6. The summed E-state index contributed by atoms with van der Waals surface area (Å²) in [5, 5.41) is 12.2. The van der Waals surface area contributed by atoms with E-state index in [1.165, 1.54) is 26.0 Å². The molecular weight excluding hydrogens is 320 g/mol. The van der Waals surface area contributed by atoms with Crippen LogP contribution in [-0.4, -0.2) is 72.7 Å². The highest BCUT2D eigenvalue weighted by molar-refractivity contribution is 5.91. The summed E-state index contributed by atoms with van der Waals surface area (Å²) < 4.78 is 9.23. The van der Waals surface area contributed by atoms with Gasteiger partial charge in [0.25, 0.3) is 0 Å². The van der Waals surface area contributed by atoms with Crippen LogP contribution in [-0.2, 0) is 28.7 Å². The molecule has 0 aromatic heterocycles. The highest BCUT2D eigenvalue weighted by atomic mass is 16.5. The lowest BCUT2D eigenvalue weighted by Gasteiger charge is -2.27. The third-order valence-corrected chi connectivity index (χ3v) is 4.02. The van der Waals surface area contributed by atoms with Crippen LogP contribution >= 0.6 is 0 Å². The van der Waals surface area contributed by atoms with E-state index in [0.29, 0.717) is 0 Å². The van der Waals surface area contributed by atoms with Gasteiger partial charge in [-0.05, 0) is 5.92 Å². The molecule has 0 aromatic rings. The minimum absolute atomic E-state index is 0.0635. The summed E-state index contributed by atoms with van der Waals surface area (Å²) in [7, 11) is 2.40. The van der Waals surface area contributed by atoms with Gasteiger partial charge >= 0.3 is 11.9 Å². The summed E-state index contributed by atoms with van der Waals surface area (Å²) >= 11 is 0. The van der Waals surface area contributed by atoms with E-state index in [1.54, 1.807) is 6.92 Å². The van der Waals surface area contributed by atoms with Crippen LogP contribution in [0.25, 0.3) is 0 Å². The molecule has 0 radical (unpaired) electrons. The number of aliphatic hydroxyl groups is 1. The summed E-state index contributed by atoms with van der Waals surface area (Å²) in [5.74, 6) is -2.70. The fraction of sp³-hybridized carbons (Fsp3) is 0.733. The van der Waals surface area contributed by atoms with Gasteiger partial charge < -0.3 is 24.8 Å². The van der Waals surface area contributed by atoms with Crippen LogP contribution in [0, 0.1) is 5.92 Å². The zero-order valence-corrected chi connectivity index (χ0v) is 14.3. The van der Waals surface area contributed by atoms with Crippen LogP contribution < -0.4 is 5.32 Å². The van der Waals surface area contributed by atoms with Crippen molar-refractivity contribution >= 4 is 23.8 Å². The predicted octanol–water partition coefficient (Wildman–Crippen LogP) is -1.17. The van der Waals surface area contributed by atoms with Gasteiger partial charge in [-0.15, -0.1) is 0 Å². The van der Waals surface area contributed by atoms with E-state index < -0.39 is 42.0 Å². The maximum absolute atomic E-state index is 12.5. The molecule has 0 unspecified atom stereocenters. The average Bonchev–Trinajstić information content (AvgIpc) is 2.93. The Morgan fingerprint density at radius 2 is 1.88 bits per heavy atom. The van der Waals surface area contributed by atoms with Gasteiger partial charge in [0.2, 0.25) is 11.8 Å². The number of hydrogen-bond donors (Lipinski definition) is 2. The second-order valence-electron chi connectivity index (χ2n) is 5.84. The lowest BCUT2D eigenvalue weighted by atomic mass is 9.97. The van der Waals surface area contributed by atoms with Gasteiger partial charge in [0.15, 0.2) is 0 Å². The van der Waals surface area contributed by atoms with Crippen LogP contribution in [0.4, 0.5) is 0 Å². The Labute approximate surface area is 140 Å². The molecule has 1 saturated heterocycles. The third-order valence-electron chi connectivity index (χ3n) is 4.02. The molecule has 1 fully saturated rings. The van der Waals surface area contributed by atoms with E-state index in [-0.39, 0.29) is 25.3 Å². The Hall–Kier alpha value is -2.16. The minimum Gasteiger partial charge on any atom is -0.469 e. The number of nitrogens with one attached hydrogen (secondary N) is 1. The minimum atomic E-state index is -1.06. The molecule has 1 heterocycles. The number of β-amino-alcohol motifs (C(OH)–C–C–N with tert-alkyl or cyclic N) is 1. The normalized spacial score (nSPS) is 22.5. The number of amides is 2. The lowest BCUT2D eigenvalue weighted by molar-refractivity contribution is -0.149. The molecule has 2 amide bonds. The number of esters is 2. The molecule has 1 rings (SSSR count). The SMILES string of the molecule is COC(=O)C[C@H](C)[C@@H](NC(=O)[C@@H]1C[C@@H](O)CN1C(C)=O)C(=O)OC. The standard InChI is InChI=1S/C15H24N2O7/c1-8(5-12(20)23-3)13(15(22)24-4)16-14(21)11-6-10(19)7-17(11)9(2)18/h8,10-11,13,19H,5-7H2,1-4H3,(H,16,21)/t8-,10+,11-,13+/m0/s1. The summed E-state index contributed by atoms with van der Waals surface area (Å²) in [6, 6.07) is -1.93. The fourth-order valence-corrected chi connectivity index (χ4v) is 2.68. The largest absolute Gasteiger partial charge is 0.469 e. The molecule has 9 heteroatoms. The van der Waals surface area contributed by atoms with Crippen molar-refractivity contribution in [3.05, 3.63) is 0 Å². The van der Waals surface area contributed by atoms with Crippen molar-refractivity contribution in [2.45, 2.75) is 44.9 Å². The van der Waals surface area contributed by atoms with Gasteiger partial charge in [-0.25, -0.2) is 4.79 Å². The van der Waals surface area contributed by atoms with E-state index in [4.69, 9.17) is 0 Å². The monoisotopic (exact) mass is 344 g/mol. The lowest BCUT2D eigenvalue weighted by Crippen LogP contribution is -2.53. The van der Waals surface area contributed by atoms with Gasteiger partial charge in [0.1, 0.15) is 12.1 Å². The van der Waals surface area contributed by atoms with Crippen molar-refractivity contribution in [3.63, 3.8) is 0 Å². The first-order chi connectivity index (χ1) is 11.2. The molecule has 1 aliphatic heterocycles. The number of hydrogen-bond acceptors (Lipinski definition) is 7. The van der Waals surface area contributed by atoms with Crippen molar-refractivity contribution in [2.24, 2.45) is 5.92 Å². The molecule has 2 N–H and O–H groups in total.